The lowest BCUT2D eigenvalue weighted by Crippen LogP contribution is -2.41. The van der Waals surface area contributed by atoms with Crippen LogP contribution in [0.1, 0.15) is 10.4 Å². The van der Waals surface area contributed by atoms with Gasteiger partial charge in [0.05, 0.1) is 5.56 Å². The van der Waals surface area contributed by atoms with E-state index in [2.05, 4.69) is 5.32 Å². The van der Waals surface area contributed by atoms with Crippen molar-refractivity contribution in [3.63, 3.8) is 0 Å². The third-order valence-electron chi connectivity index (χ3n) is 3.99. The standard InChI is InChI=1S/C15H14N4O6S/c1-17-11(7-13(21)18(2)15(17)23)16-12(20)8-19-14(22)9-5-3-4-6-10(9)26(19,24)25/h3-7H,8H2,1-2H3,(H,16,20). The van der Waals surface area contributed by atoms with Crippen LogP contribution >= 0.6 is 0 Å². The number of carbonyl (C=O) groups excluding carboxylic acids is 2. The van der Waals surface area contributed by atoms with Gasteiger partial charge in [0.2, 0.25) is 5.91 Å². The predicted octanol–water partition coefficient (Wildman–Crippen LogP) is -1.13. The van der Waals surface area contributed by atoms with Gasteiger partial charge in [-0.05, 0) is 12.1 Å². The highest BCUT2D eigenvalue weighted by atomic mass is 32.2. The molecule has 11 heteroatoms. The lowest BCUT2D eigenvalue weighted by molar-refractivity contribution is -0.116. The Balaban J connectivity index is 1.88. The van der Waals surface area contributed by atoms with Crippen LogP contribution in [0.4, 0.5) is 5.82 Å². The molecule has 2 amide bonds. The Morgan fingerprint density at radius 2 is 1.73 bits per heavy atom. The molecule has 0 saturated heterocycles. The van der Waals surface area contributed by atoms with E-state index in [9.17, 15) is 27.6 Å². The first kappa shape index (κ1) is 17.6. The topological polar surface area (TPSA) is 128 Å². The highest BCUT2D eigenvalue weighted by Crippen LogP contribution is 2.29. The largest absolute Gasteiger partial charge is 0.332 e. The number of carbonyl (C=O) groups is 2. The normalized spacial score (nSPS) is 15.0. The summed E-state index contributed by atoms with van der Waals surface area (Å²) < 4.78 is 27.2. The Bertz CT molecular complexity index is 1160. The van der Waals surface area contributed by atoms with Crippen molar-refractivity contribution in [3.8, 4) is 0 Å². The van der Waals surface area contributed by atoms with Crippen LogP contribution in [0.25, 0.3) is 0 Å². The Morgan fingerprint density at radius 3 is 2.38 bits per heavy atom. The number of nitrogens with one attached hydrogen (secondary N) is 1. The number of hydrogen-bond donors (Lipinski definition) is 1. The molecular weight excluding hydrogens is 364 g/mol. The summed E-state index contributed by atoms with van der Waals surface area (Å²) >= 11 is 0. The quantitative estimate of drug-likeness (QED) is 0.720. The molecule has 0 atom stereocenters. The first-order chi connectivity index (χ1) is 12.1. The fraction of sp³-hybridized carbons (Fsp3) is 0.200. The maximum Gasteiger partial charge on any atom is 0.332 e. The van der Waals surface area contributed by atoms with E-state index in [-0.39, 0.29) is 16.3 Å². The van der Waals surface area contributed by atoms with Gasteiger partial charge in [0.25, 0.3) is 21.5 Å². The third kappa shape index (κ3) is 2.62. The molecule has 2 heterocycles. The fourth-order valence-corrected chi connectivity index (χ4v) is 4.08. The van der Waals surface area contributed by atoms with Gasteiger partial charge in [-0.25, -0.2) is 17.5 Å². The monoisotopic (exact) mass is 378 g/mol. The second-order valence-corrected chi connectivity index (χ2v) is 7.46. The number of nitrogens with zero attached hydrogens (tertiary/aromatic N) is 3. The number of rotatable bonds is 3. The summed E-state index contributed by atoms with van der Waals surface area (Å²) in [6.45, 7) is -0.779. The predicted molar refractivity (Wildman–Crippen MR) is 90.2 cm³/mol. The summed E-state index contributed by atoms with van der Waals surface area (Å²) in [7, 11) is -1.51. The van der Waals surface area contributed by atoms with E-state index in [0.717, 1.165) is 15.2 Å². The number of amides is 2. The van der Waals surface area contributed by atoms with E-state index in [4.69, 9.17) is 0 Å². The first-order valence-corrected chi connectivity index (χ1v) is 8.81. The average Bonchev–Trinajstić information content (AvgIpc) is 2.79. The molecule has 0 fully saturated rings. The number of benzene rings is 1. The van der Waals surface area contributed by atoms with Crippen LogP contribution < -0.4 is 16.6 Å². The zero-order valence-electron chi connectivity index (χ0n) is 13.8. The lowest BCUT2D eigenvalue weighted by atomic mass is 10.2. The second kappa shape index (κ2) is 5.95. The van der Waals surface area contributed by atoms with Gasteiger partial charge < -0.3 is 5.32 Å². The van der Waals surface area contributed by atoms with Crippen molar-refractivity contribution in [3.05, 3.63) is 56.7 Å². The molecule has 10 nitrogen and oxygen atoms in total. The number of hydrogen-bond acceptors (Lipinski definition) is 6. The molecule has 3 rings (SSSR count). The number of sulfonamides is 1. The van der Waals surface area contributed by atoms with Crippen LogP contribution in [0.15, 0.2) is 44.8 Å². The van der Waals surface area contributed by atoms with E-state index in [1.54, 1.807) is 0 Å². The fourth-order valence-electron chi connectivity index (χ4n) is 2.55. The van der Waals surface area contributed by atoms with Crippen molar-refractivity contribution in [2.24, 2.45) is 14.1 Å². The van der Waals surface area contributed by atoms with Crippen LogP contribution in [-0.4, -0.2) is 40.2 Å². The third-order valence-corrected chi connectivity index (χ3v) is 5.78. The van der Waals surface area contributed by atoms with Gasteiger partial charge >= 0.3 is 5.69 Å². The van der Waals surface area contributed by atoms with Crippen molar-refractivity contribution in [2.45, 2.75) is 4.90 Å². The summed E-state index contributed by atoms with van der Waals surface area (Å²) in [6, 6.07) is 6.66. The second-order valence-electron chi connectivity index (χ2n) is 5.63. The first-order valence-electron chi connectivity index (χ1n) is 7.37. The SMILES string of the molecule is Cn1c(NC(=O)CN2C(=O)c3ccccc3S2(=O)=O)cc(=O)n(C)c1=O. The summed E-state index contributed by atoms with van der Waals surface area (Å²) in [4.78, 5) is 47.9. The van der Waals surface area contributed by atoms with Crippen LogP contribution in [0, 0.1) is 0 Å². The molecule has 26 heavy (non-hydrogen) atoms. The minimum absolute atomic E-state index is 0.0127. The summed E-state index contributed by atoms with van der Waals surface area (Å²) in [5.41, 5.74) is -1.31. The molecule has 0 unspecified atom stereocenters. The highest BCUT2D eigenvalue weighted by Gasteiger charge is 2.41. The molecular formula is C15H14N4O6S. The van der Waals surface area contributed by atoms with Crippen LogP contribution in [0.5, 0.6) is 0 Å². The zero-order valence-corrected chi connectivity index (χ0v) is 14.6. The highest BCUT2D eigenvalue weighted by molar-refractivity contribution is 7.90. The van der Waals surface area contributed by atoms with Gasteiger partial charge in [0, 0.05) is 20.2 Å². The summed E-state index contributed by atoms with van der Waals surface area (Å²) in [5.74, 6) is -1.78. The molecule has 136 valence electrons. The Hall–Kier alpha value is -3.21. The lowest BCUT2D eigenvalue weighted by Gasteiger charge is -2.16. The average molecular weight is 378 g/mol. The molecule has 0 bridgehead atoms. The maximum absolute atomic E-state index is 12.4. The van der Waals surface area contributed by atoms with Crippen molar-refractivity contribution >= 4 is 27.7 Å². The smallest absolute Gasteiger partial charge is 0.310 e. The van der Waals surface area contributed by atoms with Crippen LogP contribution in [0.3, 0.4) is 0 Å². The van der Waals surface area contributed by atoms with Crippen molar-refractivity contribution < 1.29 is 18.0 Å². The van der Waals surface area contributed by atoms with Gasteiger partial charge in [-0.15, -0.1) is 0 Å². The van der Waals surface area contributed by atoms with E-state index >= 15 is 0 Å². The maximum atomic E-state index is 12.4. The van der Waals surface area contributed by atoms with Crippen LogP contribution in [0.2, 0.25) is 0 Å². The van der Waals surface area contributed by atoms with Gasteiger partial charge in [-0.3, -0.25) is 23.5 Å². The molecule has 1 aromatic carbocycles. The van der Waals surface area contributed by atoms with Gasteiger partial charge in [0.1, 0.15) is 17.3 Å². The number of anilines is 1. The molecule has 1 aliphatic heterocycles. The molecule has 1 N–H and O–H groups in total. The Kier molecular flexibility index (Phi) is 4.03. The molecule has 0 radical (unpaired) electrons. The van der Waals surface area contributed by atoms with E-state index < -0.39 is 39.6 Å². The summed E-state index contributed by atoms with van der Waals surface area (Å²) in [5, 5.41) is 2.28. The van der Waals surface area contributed by atoms with Gasteiger partial charge in [0.15, 0.2) is 0 Å². The molecule has 1 aromatic heterocycles. The van der Waals surface area contributed by atoms with Gasteiger partial charge in [-0.2, -0.15) is 0 Å². The minimum Gasteiger partial charge on any atom is -0.310 e. The van der Waals surface area contributed by atoms with E-state index in [0.29, 0.717) is 4.31 Å². The van der Waals surface area contributed by atoms with Crippen molar-refractivity contribution in [2.75, 3.05) is 11.9 Å². The molecule has 1 aliphatic rings. The van der Waals surface area contributed by atoms with E-state index in [1.165, 1.54) is 38.4 Å². The van der Waals surface area contributed by atoms with Crippen molar-refractivity contribution in [1.29, 1.82) is 0 Å². The van der Waals surface area contributed by atoms with Crippen LogP contribution in [-0.2, 0) is 28.9 Å². The van der Waals surface area contributed by atoms with E-state index in [1.807, 2.05) is 0 Å². The Morgan fingerprint density at radius 1 is 1.08 bits per heavy atom. The number of fused-ring (bicyclic) bond motifs is 1. The van der Waals surface area contributed by atoms with Crippen molar-refractivity contribution in [1.82, 2.24) is 13.4 Å². The molecule has 0 aliphatic carbocycles. The number of aromatic nitrogens is 2. The van der Waals surface area contributed by atoms with Gasteiger partial charge in [-0.1, -0.05) is 12.1 Å². The Labute approximate surface area is 147 Å². The summed E-state index contributed by atoms with van der Waals surface area (Å²) in [6.07, 6.45) is 0. The molecule has 2 aromatic rings. The zero-order chi connectivity index (χ0) is 19.2. The molecule has 0 saturated carbocycles. The molecule has 0 spiro atoms. The minimum atomic E-state index is -4.13.